The standard InChI is InChI=1S/C28H26N2O5/c1-6-34-20-9-8-18(13-22(20)33-5)25-24-26(31)19-11-16(3)17(4)12-21(19)35-27(24)28(32)30(25)23-10-7-15(2)14-29-23/h7-14,25H,6H2,1-5H3/t25-/m1/s1. The van der Waals surface area contributed by atoms with E-state index in [2.05, 4.69) is 4.98 Å². The van der Waals surface area contributed by atoms with E-state index in [1.165, 1.54) is 4.90 Å². The lowest BCUT2D eigenvalue weighted by Gasteiger charge is -2.25. The number of methoxy groups -OCH3 is 1. The fourth-order valence-electron chi connectivity index (χ4n) is 4.51. The molecule has 7 nitrogen and oxygen atoms in total. The third kappa shape index (κ3) is 3.64. The molecule has 1 aliphatic heterocycles. The van der Waals surface area contributed by atoms with Crippen molar-refractivity contribution in [2.75, 3.05) is 18.6 Å². The highest BCUT2D eigenvalue weighted by Crippen LogP contribution is 2.43. The molecule has 0 radical (unpaired) electrons. The molecule has 0 spiro atoms. The Labute approximate surface area is 202 Å². The number of aryl methyl sites for hydroxylation is 3. The van der Waals surface area contributed by atoms with Crippen LogP contribution in [0.5, 0.6) is 11.5 Å². The van der Waals surface area contributed by atoms with Crippen molar-refractivity contribution in [3.63, 3.8) is 0 Å². The number of ether oxygens (including phenoxy) is 2. The van der Waals surface area contributed by atoms with Gasteiger partial charge in [-0.15, -0.1) is 0 Å². The number of nitrogens with zero attached hydrogens (tertiary/aromatic N) is 2. The van der Waals surface area contributed by atoms with Crippen molar-refractivity contribution in [2.45, 2.75) is 33.7 Å². The zero-order valence-electron chi connectivity index (χ0n) is 20.3. The van der Waals surface area contributed by atoms with Crippen LogP contribution >= 0.6 is 0 Å². The van der Waals surface area contributed by atoms with Gasteiger partial charge in [-0.05, 0) is 80.3 Å². The molecule has 2 aromatic carbocycles. The topological polar surface area (TPSA) is 81.9 Å². The van der Waals surface area contributed by atoms with Crippen molar-refractivity contribution >= 4 is 22.7 Å². The fourth-order valence-corrected chi connectivity index (χ4v) is 4.51. The first-order chi connectivity index (χ1) is 16.8. The first-order valence-electron chi connectivity index (χ1n) is 11.5. The molecule has 4 aromatic rings. The molecule has 0 saturated carbocycles. The molecule has 0 fully saturated rings. The van der Waals surface area contributed by atoms with Crippen LogP contribution in [-0.2, 0) is 0 Å². The lowest BCUT2D eigenvalue weighted by atomic mass is 9.97. The molecule has 0 bridgehead atoms. The third-order valence-electron chi connectivity index (χ3n) is 6.43. The zero-order valence-corrected chi connectivity index (χ0v) is 20.3. The Morgan fingerprint density at radius 3 is 2.46 bits per heavy atom. The summed E-state index contributed by atoms with van der Waals surface area (Å²) in [4.78, 5) is 33.6. The molecule has 3 heterocycles. The van der Waals surface area contributed by atoms with Crippen molar-refractivity contribution in [1.82, 2.24) is 4.98 Å². The van der Waals surface area contributed by atoms with Crippen LogP contribution in [0.4, 0.5) is 5.82 Å². The van der Waals surface area contributed by atoms with Crippen molar-refractivity contribution in [3.8, 4) is 11.5 Å². The highest BCUT2D eigenvalue weighted by atomic mass is 16.5. The number of fused-ring (bicyclic) bond motifs is 2. The number of carbonyl (C=O) groups is 1. The molecule has 1 aliphatic rings. The Morgan fingerprint density at radius 2 is 1.77 bits per heavy atom. The van der Waals surface area contributed by atoms with Crippen molar-refractivity contribution in [1.29, 1.82) is 0 Å². The average molecular weight is 471 g/mol. The van der Waals surface area contributed by atoms with Gasteiger partial charge in [0.15, 0.2) is 16.9 Å². The lowest BCUT2D eigenvalue weighted by Crippen LogP contribution is -2.30. The summed E-state index contributed by atoms with van der Waals surface area (Å²) in [6.45, 7) is 8.19. The van der Waals surface area contributed by atoms with E-state index < -0.39 is 11.9 Å². The minimum atomic E-state index is -0.737. The van der Waals surface area contributed by atoms with Gasteiger partial charge in [0.2, 0.25) is 5.76 Å². The summed E-state index contributed by atoms with van der Waals surface area (Å²) in [5, 5.41) is 0.446. The van der Waals surface area contributed by atoms with Gasteiger partial charge in [0.1, 0.15) is 11.4 Å². The summed E-state index contributed by atoms with van der Waals surface area (Å²) in [5.41, 5.74) is 4.07. The quantitative estimate of drug-likeness (QED) is 0.395. The van der Waals surface area contributed by atoms with E-state index in [1.807, 2.05) is 45.9 Å². The lowest BCUT2D eigenvalue weighted by molar-refractivity contribution is 0.0970. The predicted octanol–water partition coefficient (Wildman–Crippen LogP) is 5.27. The third-order valence-corrected chi connectivity index (χ3v) is 6.43. The molecule has 7 heteroatoms. The molecule has 178 valence electrons. The van der Waals surface area contributed by atoms with Crippen molar-refractivity contribution in [2.24, 2.45) is 0 Å². The molecular weight excluding hydrogens is 444 g/mol. The first-order valence-corrected chi connectivity index (χ1v) is 11.5. The summed E-state index contributed by atoms with van der Waals surface area (Å²) in [6, 6.07) is 12.0. The zero-order chi connectivity index (χ0) is 24.9. The van der Waals surface area contributed by atoms with Crippen molar-refractivity contribution in [3.05, 3.63) is 92.5 Å². The highest BCUT2D eigenvalue weighted by molar-refractivity contribution is 6.10. The Morgan fingerprint density at radius 1 is 1.00 bits per heavy atom. The Balaban J connectivity index is 1.79. The van der Waals surface area contributed by atoms with Crippen LogP contribution in [0.15, 0.2) is 57.9 Å². The molecular formula is C28H26N2O5. The van der Waals surface area contributed by atoms with Gasteiger partial charge in [-0.2, -0.15) is 0 Å². The second kappa shape index (κ2) is 8.58. The molecule has 2 aromatic heterocycles. The minimum absolute atomic E-state index is 0.0333. The van der Waals surface area contributed by atoms with Gasteiger partial charge in [0.25, 0.3) is 5.91 Å². The summed E-state index contributed by atoms with van der Waals surface area (Å²) in [6.07, 6.45) is 1.69. The number of anilines is 1. The Bertz CT molecular complexity index is 1520. The number of aromatic nitrogens is 1. The van der Waals surface area contributed by atoms with Crippen LogP contribution in [0.2, 0.25) is 0 Å². The number of rotatable bonds is 5. The van der Waals surface area contributed by atoms with Crippen LogP contribution in [0, 0.1) is 20.8 Å². The molecule has 0 N–H and O–H groups in total. The van der Waals surface area contributed by atoms with E-state index in [0.29, 0.717) is 46.0 Å². The van der Waals surface area contributed by atoms with Crippen LogP contribution in [0.1, 0.15) is 51.3 Å². The van der Waals surface area contributed by atoms with Gasteiger partial charge in [-0.1, -0.05) is 12.1 Å². The van der Waals surface area contributed by atoms with Gasteiger partial charge in [-0.25, -0.2) is 4.98 Å². The molecule has 0 aliphatic carbocycles. The second-order valence-electron chi connectivity index (χ2n) is 8.72. The molecule has 5 rings (SSSR count). The smallest absolute Gasteiger partial charge is 0.296 e. The van der Waals surface area contributed by atoms with E-state index >= 15 is 0 Å². The van der Waals surface area contributed by atoms with E-state index in [9.17, 15) is 9.59 Å². The number of hydrogen-bond donors (Lipinski definition) is 0. The van der Waals surface area contributed by atoms with Gasteiger partial charge in [-0.3, -0.25) is 14.5 Å². The Kier molecular flexibility index (Phi) is 5.55. The van der Waals surface area contributed by atoms with Gasteiger partial charge < -0.3 is 13.9 Å². The number of benzene rings is 2. The molecule has 0 saturated heterocycles. The predicted molar refractivity (Wildman–Crippen MR) is 134 cm³/mol. The molecule has 1 amide bonds. The maximum atomic E-state index is 13.9. The van der Waals surface area contributed by atoms with Gasteiger partial charge in [0.05, 0.1) is 30.7 Å². The highest BCUT2D eigenvalue weighted by Gasteiger charge is 2.44. The van der Waals surface area contributed by atoms with E-state index in [0.717, 1.165) is 16.7 Å². The largest absolute Gasteiger partial charge is 0.493 e. The van der Waals surface area contributed by atoms with Crippen LogP contribution in [-0.4, -0.2) is 24.6 Å². The van der Waals surface area contributed by atoms with Crippen molar-refractivity contribution < 1.29 is 18.7 Å². The molecule has 0 unspecified atom stereocenters. The summed E-state index contributed by atoms with van der Waals surface area (Å²) in [5.74, 6) is 1.15. The van der Waals surface area contributed by atoms with Crippen LogP contribution in [0.25, 0.3) is 11.0 Å². The number of pyridine rings is 1. The van der Waals surface area contributed by atoms with Gasteiger partial charge >= 0.3 is 0 Å². The summed E-state index contributed by atoms with van der Waals surface area (Å²) in [7, 11) is 1.56. The van der Waals surface area contributed by atoms with E-state index in [1.54, 1.807) is 37.6 Å². The van der Waals surface area contributed by atoms with Crippen LogP contribution < -0.4 is 19.8 Å². The van der Waals surface area contributed by atoms with E-state index in [4.69, 9.17) is 13.9 Å². The Hall–Kier alpha value is -4.13. The molecule has 1 atom stereocenters. The maximum Gasteiger partial charge on any atom is 0.296 e. The second-order valence-corrected chi connectivity index (χ2v) is 8.72. The average Bonchev–Trinajstić information content (AvgIpc) is 3.14. The van der Waals surface area contributed by atoms with Gasteiger partial charge in [0, 0.05) is 6.20 Å². The fraction of sp³-hybridized carbons (Fsp3) is 0.250. The minimum Gasteiger partial charge on any atom is -0.493 e. The summed E-state index contributed by atoms with van der Waals surface area (Å²) >= 11 is 0. The molecule has 35 heavy (non-hydrogen) atoms. The number of amides is 1. The SMILES string of the molecule is CCOc1ccc([C@@H]2c3c(oc4cc(C)c(C)cc4c3=O)C(=O)N2c2ccc(C)cn2)cc1OC. The van der Waals surface area contributed by atoms with Crippen LogP contribution in [0.3, 0.4) is 0 Å². The van der Waals surface area contributed by atoms with E-state index in [-0.39, 0.29) is 11.2 Å². The summed E-state index contributed by atoms with van der Waals surface area (Å²) < 4.78 is 17.3. The first kappa shape index (κ1) is 22.7. The normalized spacial score (nSPS) is 14.9. The monoisotopic (exact) mass is 470 g/mol. The maximum absolute atomic E-state index is 13.9. The number of carbonyl (C=O) groups excluding carboxylic acids is 1. The number of hydrogen-bond acceptors (Lipinski definition) is 6.